The molecule has 2 amide bonds. The van der Waals surface area contributed by atoms with Crippen molar-refractivity contribution in [3.63, 3.8) is 0 Å². The van der Waals surface area contributed by atoms with Gasteiger partial charge in [0.2, 0.25) is 11.8 Å². The molecule has 1 aliphatic carbocycles. The number of fused-ring (bicyclic) bond motifs is 1. The maximum atomic E-state index is 14.0. The van der Waals surface area contributed by atoms with E-state index in [2.05, 4.69) is 5.32 Å². The first kappa shape index (κ1) is 24.5. The average molecular weight is 491 g/mol. The monoisotopic (exact) mass is 490 g/mol. The van der Waals surface area contributed by atoms with Crippen molar-refractivity contribution in [3.05, 3.63) is 59.7 Å². The van der Waals surface area contributed by atoms with Gasteiger partial charge in [0, 0.05) is 11.6 Å². The van der Waals surface area contributed by atoms with Crippen molar-refractivity contribution in [3.8, 4) is 5.75 Å². The van der Waals surface area contributed by atoms with Gasteiger partial charge in [0.15, 0.2) is 0 Å². The second-order valence-corrected chi connectivity index (χ2v) is 10.4. The molecule has 3 aliphatic rings. The minimum Gasteiger partial charge on any atom is -0.496 e. The number of carbonyl (C=O) groups is 3. The largest absolute Gasteiger partial charge is 0.496 e. The van der Waals surface area contributed by atoms with Gasteiger partial charge in [-0.1, -0.05) is 69.4 Å². The highest BCUT2D eigenvalue weighted by Crippen LogP contribution is 2.53. The molecule has 0 spiro atoms. The van der Waals surface area contributed by atoms with E-state index < -0.39 is 35.3 Å². The molecular formula is C29H34N2O5. The van der Waals surface area contributed by atoms with Gasteiger partial charge in [-0.2, -0.15) is 0 Å². The Morgan fingerprint density at radius 3 is 2.39 bits per heavy atom. The fraction of sp³-hybridized carbons (Fsp3) is 0.483. The number of amides is 2. The fourth-order valence-electron chi connectivity index (χ4n) is 6.65. The van der Waals surface area contributed by atoms with Gasteiger partial charge in [0.05, 0.1) is 24.6 Å². The van der Waals surface area contributed by atoms with E-state index in [1.165, 1.54) is 4.90 Å². The van der Waals surface area contributed by atoms with Crippen LogP contribution < -0.4 is 15.0 Å². The van der Waals surface area contributed by atoms with E-state index >= 15 is 0 Å². The summed E-state index contributed by atoms with van der Waals surface area (Å²) in [7, 11) is 1.56. The van der Waals surface area contributed by atoms with Crippen LogP contribution in [0.4, 0.5) is 5.69 Å². The predicted octanol–water partition coefficient (Wildman–Crippen LogP) is 4.50. The number of nitrogens with zero attached hydrogens (tertiary/aromatic N) is 1. The summed E-state index contributed by atoms with van der Waals surface area (Å²) in [6.45, 7) is 2.04. The highest BCUT2D eigenvalue weighted by Gasteiger charge is 2.69. The second kappa shape index (κ2) is 9.69. The van der Waals surface area contributed by atoms with Crippen LogP contribution >= 0.6 is 0 Å². The van der Waals surface area contributed by atoms with Crippen molar-refractivity contribution < 1.29 is 24.2 Å². The molecule has 0 bridgehead atoms. The maximum absolute atomic E-state index is 14.0. The van der Waals surface area contributed by atoms with Crippen LogP contribution in [-0.4, -0.2) is 35.5 Å². The predicted molar refractivity (Wildman–Crippen MR) is 136 cm³/mol. The van der Waals surface area contributed by atoms with Crippen LogP contribution in [0.15, 0.2) is 48.5 Å². The van der Waals surface area contributed by atoms with Crippen LogP contribution in [0.5, 0.6) is 5.75 Å². The van der Waals surface area contributed by atoms with Gasteiger partial charge in [-0.3, -0.25) is 19.7 Å². The average Bonchev–Trinajstić information content (AvgIpc) is 3.38. The summed E-state index contributed by atoms with van der Waals surface area (Å²) >= 11 is 0. The Hall–Kier alpha value is -3.19. The number of carboxylic acid groups (broad SMARTS) is 1. The zero-order chi connectivity index (χ0) is 25.4. The molecular weight excluding hydrogens is 456 g/mol. The molecule has 0 aromatic heterocycles. The number of rotatable bonds is 7. The summed E-state index contributed by atoms with van der Waals surface area (Å²) in [5.74, 6) is -2.92. The van der Waals surface area contributed by atoms with Crippen LogP contribution in [0.2, 0.25) is 0 Å². The van der Waals surface area contributed by atoms with Gasteiger partial charge < -0.3 is 9.84 Å². The van der Waals surface area contributed by atoms with Gasteiger partial charge >= 0.3 is 5.97 Å². The summed E-state index contributed by atoms with van der Waals surface area (Å²) in [5.41, 5.74) is 0.769. The summed E-state index contributed by atoms with van der Waals surface area (Å²) in [6, 6.07) is 14.1. The Balaban J connectivity index is 1.62. The molecule has 2 aliphatic heterocycles. The first-order chi connectivity index (χ1) is 17.4. The van der Waals surface area contributed by atoms with Crippen molar-refractivity contribution in [2.24, 2.45) is 17.8 Å². The number of hydrogen-bond donors (Lipinski definition) is 2. The summed E-state index contributed by atoms with van der Waals surface area (Å²) in [4.78, 5) is 42.3. The molecule has 2 aromatic carbocycles. The van der Waals surface area contributed by atoms with Gasteiger partial charge in [-0.25, -0.2) is 4.90 Å². The first-order valence-electron chi connectivity index (χ1n) is 13.0. The zero-order valence-corrected chi connectivity index (χ0v) is 20.9. The zero-order valence-electron chi connectivity index (χ0n) is 20.9. The Labute approximate surface area is 211 Å². The van der Waals surface area contributed by atoms with Gasteiger partial charge in [-0.05, 0) is 42.5 Å². The normalized spacial score (nSPS) is 28.4. The molecule has 4 unspecified atom stereocenters. The number of benzene rings is 2. The standard InChI is InChI=1S/C29H34N2O5/c1-3-18-13-15-20(16-14-18)31-26(32)23-24(27(31)33)29(28(34)35,17-19-9-5-4-6-10-19)30-25(23)21-11-7-8-12-22(21)36-2/h7-8,11-16,19,23-25,30H,3-6,9-10,17H2,1-2H3,(H,34,35). The quantitative estimate of drug-likeness (QED) is 0.555. The molecule has 4 atom stereocenters. The smallest absolute Gasteiger partial charge is 0.324 e. The van der Waals surface area contributed by atoms with Gasteiger partial charge in [0.25, 0.3) is 0 Å². The Morgan fingerprint density at radius 2 is 1.75 bits per heavy atom. The van der Waals surface area contributed by atoms with Crippen LogP contribution in [0, 0.1) is 17.8 Å². The molecule has 2 N–H and O–H groups in total. The van der Waals surface area contributed by atoms with Crippen molar-refractivity contribution >= 4 is 23.5 Å². The number of imide groups is 1. The van der Waals surface area contributed by atoms with Gasteiger partial charge in [0.1, 0.15) is 11.3 Å². The highest BCUT2D eigenvalue weighted by atomic mass is 16.5. The topological polar surface area (TPSA) is 95.9 Å². The van der Waals surface area contributed by atoms with E-state index in [4.69, 9.17) is 4.74 Å². The number of para-hydroxylation sites is 1. The fourth-order valence-corrected chi connectivity index (χ4v) is 6.65. The molecule has 5 rings (SSSR count). The van der Waals surface area contributed by atoms with Crippen LogP contribution in [0.3, 0.4) is 0 Å². The number of carbonyl (C=O) groups excluding carboxylic acids is 2. The third-order valence-electron chi connectivity index (χ3n) is 8.45. The molecule has 190 valence electrons. The second-order valence-electron chi connectivity index (χ2n) is 10.4. The summed E-state index contributed by atoms with van der Waals surface area (Å²) < 4.78 is 5.59. The number of hydrogen-bond acceptors (Lipinski definition) is 5. The van der Waals surface area contributed by atoms with E-state index in [0.29, 0.717) is 23.4 Å². The van der Waals surface area contributed by atoms with E-state index in [-0.39, 0.29) is 11.8 Å². The van der Waals surface area contributed by atoms with E-state index in [0.717, 1.165) is 44.1 Å². The van der Waals surface area contributed by atoms with Crippen molar-refractivity contribution in [2.45, 2.75) is 63.5 Å². The minimum absolute atomic E-state index is 0.195. The van der Waals surface area contributed by atoms with Crippen LogP contribution in [-0.2, 0) is 20.8 Å². The lowest BCUT2D eigenvalue weighted by atomic mass is 9.72. The molecule has 7 nitrogen and oxygen atoms in total. The molecule has 2 aromatic rings. The third-order valence-corrected chi connectivity index (χ3v) is 8.45. The number of aryl methyl sites for hydroxylation is 1. The summed E-state index contributed by atoms with van der Waals surface area (Å²) in [5, 5.41) is 14.0. The molecule has 3 fully saturated rings. The van der Waals surface area contributed by atoms with E-state index in [1.807, 2.05) is 37.3 Å². The number of ether oxygens (including phenoxy) is 1. The Kier molecular flexibility index (Phi) is 6.60. The SMILES string of the molecule is CCc1ccc(N2C(=O)C3C(c4ccccc4OC)NC(CC4CCCCC4)(C(=O)O)C3C2=O)cc1. The molecule has 36 heavy (non-hydrogen) atoms. The number of aliphatic carboxylic acids is 1. The van der Waals surface area contributed by atoms with Gasteiger partial charge in [-0.15, -0.1) is 0 Å². The van der Waals surface area contributed by atoms with Crippen molar-refractivity contribution in [1.29, 1.82) is 0 Å². The minimum atomic E-state index is -1.52. The van der Waals surface area contributed by atoms with Crippen molar-refractivity contribution in [2.75, 3.05) is 12.0 Å². The molecule has 2 heterocycles. The third kappa shape index (κ3) is 3.90. The van der Waals surface area contributed by atoms with Crippen molar-refractivity contribution in [1.82, 2.24) is 5.32 Å². The number of carboxylic acids is 1. The molecule has 0 radical (unpaired) electrons. The lowest BCUT2D eigenvalue weighted by Gasteiger charge is -2.35. The highest BCUT2D eigenvalue weighted by molar-refractivity contribution is 6.24. The molecule has 2 saturated heterocycles. The number of methoxy groups -OCH3 is 1. The first-order valence-corrected chi connectivity index (χ1v) is 13.0. The molecule has 1 saturated carbocycles. The van der Waals surface area contributed by atoms with E-state index in [1.54, 1.807) is 25.3 Å². The van der Waals surface area contributed by atoms with Crippen LogP contribution in [0.25, 0.3) is 0 Å². The lowest BCUT2D eigenvalue weighted by molar-refractivity contribution is -0.150. The lowest BCUT2D eigenvalue weighted by Crippen LogP contribution is -2.57. The van der Waals surface area contributed by atoms with Crippen LogP contribution in [0.1, 0.15) is 62.6 Å². The maximum Gasteiger partial charge on any atom is 0.324 e. The number of nitrogens with one attached hydrogen (secondary N) is 1. The van der Waals surface area contributed by atoms with E-state index in [9.17, 15) is 19.5 Å². The summed E-state index contributed by atoms with van der Waals surface area (Å²) in [6.07, 6.45) is 6.34. The Bertz CT molecular complexity index is 1160. The molecule has 7 heteroatoms. The number of anilines is 1. The Morgan fingerprint density at radius 1 is 1.06 bits per heavy atom.